The maximum atomic E-state index is 6.09. The molecule has 0 saturated carbocycles. The Labute approximate surface area is 123 Å². The Morgan fingerprint density at radius 2 is 2.16 bits per heavy atom. The average Bonchev–Trinajstić information content (AvgIpc) is 2.90. The molecule has 19 heavy (non-hydrogen) atoms. The van der Waals surface area contributed by atoms with Crippen LogP contribution in [0.25, 0.3) is 0 Å². The zero-order chi connectivity index (χ0) is 13.7. The molecule has 0 fully saturated rings. The van der Waals surface area contributed by atoms with Crippen LogP contribution in [0.1, 0.15) is 17.4 Å². The summed E-state index contributed by atoms with van der Waals surface area (Å²) in [4.78, 5) is 3.74. The maximum absolute atomic E-state index is 6.09. The Morgan fingerprint density at radius 3 is 2.79 bits per heavy atom. The number of nitrogens with zero attached hydrogens (tertiary/aromatic N) is 1. The number of halogens is 1. The van der Waals surface area contributed by atoms with Crippen molar-refractivity contribution in [2.24, 2.45) is 5.73 Å². The van der Waals surface area contributed by atoms with Gasteiger partial charge < -0.3 is 10.6 Å². The molecule has 1 heterocycles. The lowest BCUT2D eigenvalue weighted by Crippen LogP contribution is -2.23. The highest BCUT2D eigenvalue weighted by atomic mass is 35.5. The lowest BCUT2D eigenvalue weighted by Gasteiger charge is -2.25. The van der Waals surface area contributed by atoms with Crippen LogP contribution in [0.5, 0.6) is 0 Å². The summed E-state index contributed by atoms with van der Waals surface area (Å²) < 4.78 is 0. The molecule has 4 heteroatoms. The second-order valence-corrected chi connectivity index (χ2v) is 5.87. The van der Waals surface area contributed by atoms with Gasteiger partial charge in [-0.3, -0.25) is 0 Å². The second-order valence-electron chi connectivity index (χ2n) is 4.41. The molecule has 0 bridgehead atoms. The van der Waals surface area contributed by atoms with Gasteiger partial charge in [0.05, 0.1) is 6.54 Å². The van der Waals surface area contributed by atoms with Crippen molar-refractivity contribution in [2.75, 3.05) is 18.0 Å². The van der Waals surface area contributed by atoms with Crippen molar-refractivity contribution >= 4 is 28.6 Å². The van der Waals surface area contributed by atoms with E-state index in [9.17, 15) is 0 Å². The summed E-state index contributed by atoms with van der Waals surface area (Å²) in [5.74, 6) is 0. The predicted octanol–water partition coefficient (Wildman–Crippen LogP) is 3.93. The zero-order valence-electron chi connectivity index (χ0n) is 11.1. The van der Waals surface area contributed by atoms with Crippen molar-refractivity contribution < 1.29 is 0 Å². The number of hydrogen-bond acceptors (Lipinski definition) is 3. The third kappa shape index (κ3) is 3.72. The van der Waals surface area contributed by atoms with E-state index < -0.39 is 0 Å². The van der Waals surface area contributed by atoms with Gasteiger partial charge in [-0.1, -0.05) is 17.7 Å². The zero-order valence-corrected chi connectivity index (χ0v) is 12.7. The number of rotatable bonds is 6. The number of thiophene rings is 1. The van der Waals surface area contributed by atoms with Crippen LogP contribution in [0.15, 0.2) is 35.7 Å². The van der Waals surface area contributed by atoms with Crippen LogP contribution in [-0.4, -0.2) is 13.1 Å². The molecule has 0 unspecified atom stereocenters. The first-order valence-corrected chi connectivity index (χ1v) is 7.76. The van der Waals surface area contributed by atoms with Gasteiger partial charge >= 0.3 is 0 Å². The summed E-state index contributed by atoms with van der Waals surface area (Å²) in [6, 6.07) is 10.3. The minimum Gasteiger partial charge on any atom is -0.366 e. The normalized spacial score (nSPS) is 10.7. The molecule has 0 spiro atoms. The molecule has 0 aliphatic heterocycles. The van der Waals surface area contributed by atoms with Gasteiger partial charge in [-0.25, -0.2) is 0 Å². The lowest BCUT2D eigenvalue weighted by atomic mass is 10.1. The molecule has 2 rings (SSSR count). The molecule has 0 saturated heterocycles. The van der Waals surface area contributed by atoms with E-state index in [1.165, 1.54) is 16.1 Å². The number of nitrogens with two attached hydrogens (primary N) is 1. The molecule has 0 radical (unpaired) electrons. The van der Waals surface area contributed by atoms with Crippen molar-refractivity contribution in [3.05, 3.63) is 51.2 Å². The standard InChI is InChI=1S/C15H19ClN2S/c1-2-18(11-14-4-3-9-19-14)15-6-5-13(16)10-12(15)7-8-17/h3-6,9-10H,2,7-8,11,17H2,1H3. The third-order valence-corrected chi connectivity index (χ3v) is 4.20. The molecule has 0 amide bonds. The summed E-state index contributed by atoms with van der Waals surface area (Å²) in [5.41, 5.74) is 8.17. The summed E-state index contributed by atoms with van der Waals surface area (Å²) in [5, 5.41) is 2.89. The van der Waals surface area contributed by atoms with Crippen molar-refractivity contribution in [3.8, 4) is 0 Å². The fraction of sp³-hybridized carbons (Fsp3) is 0.333. The van der Waals surface area contributed by atoms with Gasteiger partial charge in [-0.2, -0.15) is 0 Å². The van der Waals surface area contributed by atoms with Crippen molar-refractivity contribution in [2.45, 2.75) is 19.9 Å². The summed E-state index contributed by atoms with van der Waals surface area (Å²) >= 11 is 7.88. The highest BCUT2D eigenvalue weighted by Crippen LogP contribution is 2.26. The van der Waals surface area contributed by atoms with Gasteiger partial charge in [0, 0.05) is 22.1 Å². The fourth-order valence-corrected chi connectivity index (χ4v) is 3.09. The molecule has 1 aromatic heterocycles. The molecule has 2 nitrogen and oxygen atoms in total. The van der Waals surface area contributed by atoms with Crippen LogP contribution in [0.4, 0.5) is 5.69 Å². The summed E-state index contributed by atoms with van der Waals surface area (Å²) in [6.45, 7) is 4.73. The highest BCUT2D eigenvalue weighted by molar-refractivity contribution is 7.09. The maximum Gasteiger partial charge on any atom is 0.0522 e. The number of benzene rings is 1. The van der Waals surface area contributed by atoms with E-state index in [4.69, 9.17) is 17.3 Å². The molecule has 0 aliphatic carbocycles. The Balaban J connectivity index is 2.26. The topological polar surface area (TPSA) is 29.3 Å². The molecular formula is C15H19ClN2S. The Kier molecular flexibility index (Phi) is 5.25. The van der Waals surface area contributed by atoms with Crippen LogP contribution in [0, 0.1) is 0 Å². The summed E-state index contributed by atoms with van der Waals surface area (Å²) in [7, 11) is 0. The largest absolute Gasteiger partial charge is 0.366 e. The minimum absolute atomic E-state index is 0.643. The predicted molar refractivity (Wildman–Crippen MR) is 85.3 cm³/mol. The number of anilines is 1. The molecule has 2 aromatic rings. The molecule has 102 valence electrons. The van der Waals surface area contributed by atoms with Crippen molar-refractivity contribution in [1.82, 2.24) is 0 Å². The van der Waals surface area contributed by atoms with Gasteiger partial charge in [0.15, 0.2) is 0 Å². The quantitative estimate of drug-likeness (QED) is 0.875. The molecule has 0 aliphatic rings. The Hall–Kier alpha value is -1.03. The second kappa shape index (κ2) is 6.94. The van der Waals surface area contributed by atoms with E-state index in [-0.39, 0.29) is 0 Å². The number of hydrogen-bond donors (Lipinski definition) is 1. The van der Waals surface area contributed by atoms with E-state index >= 15 is 0 Å². The first kappa shape index (κ1) is 14.4. The monoisotopic (exact) mass is 294 g/mol. The highest BCUT2D eigenvalue weighted by Gasteiger charge is 2.11. The minimum atomic E-state index is 0.643. The van der Waals surface area contributed by atoms with E-state index in [2.05, 4.69) is 35.4 Å². The van der Waals surface area contributed by atoms with Crippen LogP contribution in [-0.2, 0) is 13.0 Å². The third-order valence-electron chi connectivity index (χ3n) is 3.10. The van der Waals surface area contributed by atoms with E-state index in [0.717, 1.165) is 24.5 Å². The van der Waals surface area contributed by atoms with Crippen LogP contribution in [0.3, 0.4) is 0 Å². The van der Waals surface area contributed by atoms with Gasteiger partial charge in [0.1, 0.15) is 0 Å². The first-order valence-electron chi connectivity index (χ1n) is 6.50. The fourth-order valence-electron chi connectivity index (χ4n) is 2.18. The Morgan fingerprint density at radius 1 is 1.32 bits per heavy atom. The molecule has 1 aromatic carbocycles. The van der Waals surface area contributed by atoms with Gasteiger partial charge in [-0.05, 0) is 55.1 Å². The van der Waals surface area contributed by atoms with Crippen LogP contribution < -0.4 is 10.6 Å². The van der Waals surface area contributed by atoms with Crippen LogP contribution in [0.2, 0.25) is 5.02 Å². The lowest BCUT2D eigenvalue weighted by molar-refractivity contribution is 0.828. The Bertz CT molecular complexity index is 511. The smallest absolute Gasteiger partial charge is 0.0522 e. The van der Waals surface area contributed by atoms with Gasteiger partial charge in [0.25, 0.3) is 0 Å². The molecular weight excluding hydrogens is 276 g/mol. The van der Waals surface area contributed by atoms with E-state index in [0.29, 0.717) is 6.54 Å². The molecule has 0 atom stereocenters. The van der Waals surface area contributed by atoms with E-state index in [1.807, 2.05) is 12.1 Å². The van der Waals surface area contributed by atoms with E-state index in [1.54, 1.807) is 11.3 Å². The van der Waals surface area contributed by atoms with Gasteiger partial charge in [0.2, 0.25) is 0 Å². The first-order chi connectivity index (χ1) is 9.24. The summed E-state index contributed by atoms with van der Waals surface area (Å²) in [6.07, 6.45) is 0.858. The van der Waals surface area contributed by atoms with Crippen molar-refractivity contribution in [3.63, 3.8) is 0 Å². The molecule has 2 N–H and O–H groups in total. The average molecular weight is 295 g/mol. The SMILES string of the molecule is CCN(Cc1cccs1)c1ccc(Cl)cc1CCN. The van der Waals surface area contributed by atoms with Gasteiger partial charge in [-0.15, -0.1) is 11.3 Å². The van der Waals surface area contributed by atoms with Crippen molar-refractivity contribution in [1.29, 1.82) is 0 Å². The van der Waals surface area contributed by atoms with Crippen LogP contribution >= 0.6 is 22.9 Å².